The van der Waals surface area contributed by atoms with Crippen molar-refractivity contribution in [1.82, 2.24) is 0 Å². The van der Waals surface area contributed by atoms with Gasteiger partial charge >= 0.3 is 0 Å². The fraction of sp³-hybridized carbons (Fsp3) is 0.143. The maximum absolute atomic E-state index is 2.29. The van der Waals surface area contributed by atoms with Crippen LogP contribution in [0.1, 0.15) is 16.7 Å². The molecule has 0 unspecified atom stereocenters. The molecule has 0 fully saturated rings. The van der Waals surface area contributed by atoms with E-state index in [0.29, 0.717) is 0 Å². The third-order valence-electron chi connectivity index (χ3n) is 4.07. The van der Waals surface area contributed by atoms with Crippen molar-refractivity contribution in [3.8, 4) is 0 Å². The van der Waals surface area contributed by atoms with Crippen LogP contribution in [0, 0.1) is 20.8 Å². The van der Waals surface area contributed by atoms with E-state index in [2.05, 4.69) is 93.6 Å². The first kappa shape index (κ1) is 20.7. The molecule has 0 aliphatic rings. The maximum atomic E-state index is 2.29. The molecule has 3 heteroatoms. The van der Waals surface area contributed by atoms with E-state index in [1.165, 1.54) is 32.6 Å². The Labute approximate surface area is 158 Å². The summed E-state index contributed by atoms with van der Waals surface area (Å²) in [5, 5.41) is 4.38. The predicted molar refractivity (Wildman–Crippen MR) is 99.4 cm³/mol. The SMILES string of the molecule is Cc1ccccc1P(c1ccccc1C)c1ccccc1C.[Cl-].[Cl-]. The first-order valence-electron chi connectivity index (χ1n) is 7.65. The van der Waals surface area contributed by atoms with Crippen molar-refractivity contribution in [2.24, 2.45) is 0 Å². The molecule has 0 aliphatic carbocycles. The van der Waals surface area contributed by atoms with Gasteiger partial charge in [-0.3, -0.25) is 0 Å². The van der Waals surface area contributed by atoms with Gasteiger partial charge in [-0.1, -0.05) is 72.8 Å². The molecule has 0 aliphatic heterocycles. The quantitative estimate of drug-likeness (QED) is 0.483. The molecule has 0 N–H and O–H groups in total. The second-order valence-corrected chi connectivity index (χ2v) is 7.81. The second-order valence-electron chi connectivity index (χ2n) is 5.69. The van der Waals surface area contributed by atoms with E-state index in [1.54, 1.807) is 0 Å². The van der Waals surface area contributed by atoms with Crippen LogP contribution in [0.5, 0.6) is 0 Å². The van der Waals surface area contributed by atoms with Gasteiger partial charge in [-0.2, -0.15) is 0 Å². The molecule has 3 rings (SSSR count). The minimum atomic E-state index is -0.508. The first-order valence-corrected chi connectivity index (χ1v) is 8.99. The normalized spacial score (nSPS) is 10.0. The molecular formula is C21H21Cl2P-2. The molecule has 0 saturated heterocycles. The molecule has 0 saturated carbocycles. The lowest BCUT2D eigenvalue weighted by Gasteiger charge is -2.24. The molecule has 24 heavy (non-hydrogen) atoms. The lowest BCUT2D eigenvalue weighted by atomic mass is 10.2. The minimum absolute atomic E-state index is 0. The molecule has 0 amide bonds. The summed E-state index contributed by atoms with van der Waals surface area (Å²) in [4.78, 5) is 0. The van der Waals surface area contributed by atoms with Gasteiger partial charge in [0.25, 0.3) is 0 Å². The number of aryl methyl sites for hydroxylation is 3. The van der Waals surface area contributed by atoms with Gasteiger partial charge in [0.15, 0.2) is 0 Å². The highest BCUT2D eigenvalue weighted by Gasteiger charge is 2.20. The molecule has 0 nitrogen and oxygen atoms in total. The van der Waals surface area contributed by atoms with Crippen LogP contribution in [0.4, 0.5) is 0 Å². The Morgan fingerprint density at radius 3 is 0.958 bits per heavy atom. The summed E-state index contributed by atoms with van der Waals surface area (Å²) in [5.74, 6) is 0. The average Bonchev–Trinajstić information content (AvgIpc) is 2.53. The molecule has 3 aromatic rings. The van der Waals surface area contributed by atoms with Crippen molar-refractivity contribution in [2.75, 3.05) is 0 Å². The number of hydrogen-bond acceptors (Lipinski definition) is 0. The molecule has 3 aromatic carbocycles. The molecule has 0 aromatic heterocycles. The third kappa shape index (κ3) is 4.19. The summed E-state index contributed by atoms with van der Waals surface area (Å²) in [6.45, 7) is 6.67. The largest absolute Gasteiger partial charge is 1.00 e. The van der Waals surface area contributed by atoms with E-state index in [4.69, 9.17) is 0 Å². The second kappa shape index (κ2) is 9.23. The van der Waals surface area contributed by atoms with Crippen LogP contribution in [-0.4, -0.2) is 0 Å². The summed E-state index contributed by atoms with van der Waals surface area (Å²) in [7, 11) is -0.508. The fourth-order valence-corrected chi connectivity index (χ4v) is 5.60. The van der Waals surface area contributed by atoms with Crippen LogP contribution in [0.2, 0.25) is 0 Å². The smallest absolute Gasteiger partial charge is 0.0122 e. The highest BCUT2D eigenvalue weighted by molar-refractivity contribution is 7.80. The van der Waals surface area contributed by atoms with Gasteiger partial charge in [-0.25, -0.2) is 0 Å². The van der Waals surface area contributed by atoms with Gasteiger partial charge in [0, 0.05) is 0 Å². The summed E-state index contributed by atoms with van der Waals surface area (Å²) in [6, 6.07) is 26.4. The monoisotopic (exact) mass is 374 g/mol. The van der Waals surface area contributed by atoms with Crippen LogP contribution in [0.3, 0.4) is 0 Å². The van der Waals surface area contributed by atoms with Crippen molar-refractivity contribution in [3.63, 3.8) is 0 Å². The lowest BCUT2D eigenvalue weighted by molar-refractivity contribution is -0.00100. The van der Waals surface area contributed by atoms with Gasteiger partial charge in [0.1, 0.15) is 0 Å². The Kier molecular flexibility index (Phi) is 7.97. The average molecular weight is 375 g/mol. The summed E-state index contributed by atoms with van der Waals surface area (Å²) in [6.07, 6.45) is 0. The zero-order valence-corrected chi connectivity index (χ0v) is 16.5. The van der Waals surface area contributed by atoms with E-state index < -0.39 is 7.92 Å². The van der Waals surface area contributed by atoms with Gasteiger partial charge < -0.3 is 24.8 Å². The number of halogens is 2. The summed E-state index contributed by atoms with van der Waals surface area (Å²) in [5.41, 5.74) is 4.13. The van der Waals surface area contributed by atoms with Crippen LogP contribution >= 0.6 is 7.92 Å². The Morgan fingerprint density at radius 1 is 0.458 bits per heavy atom. The van der Waals surface area contributed by atoms with Crippen LogP contribution in [-0.2, 0) is 0 Å². The molecule has 126 valence electrons. The van der Waals surface area contributed by atoms with E-state index in [1.807, 2.05) is 0 Å². The zero-order chi connectivity index (χ0) is 15.5. The third-order valence-corrected chi connectivity index (χ3v) is 7.02. The first-order chi connectivity index (χ1) is 10.7. The van der Waals surface area contributed by atoms with Crippen molar-refractivity contribution in [3.05, 3.63) is 89.5 Å². The van der Waals surface area contributed by atoms with Gasteiger partial charge in [0.2, 0.25) is 0 Å². The molecular weight excluding hydrogens is 354 g/mol. The Balaban J connectivity index is 0.00000144. The van der Waals surface area contributed by atoms with Crippen molar-refractivity contribution in [1.29, 1.82) is 0 Å². The highest BCUT2D eigenvalue weighted by Crippen LogP contribution is 2.36. The Bertz CT molecular complexity index is 691. The standard InChI is InChI=1S/C21H21P.2ClH/c1-16-10-4-7-13-19(16)22(20-14-8-5-11-17(20)2)21-15-9-6-12-18(21)3;;/h4-15H,1-3H3;2*1H/p-2. The minimum Gasteiger partial charge on any atom is -1.00 e. The van der Waals surface area contributed by atoms with Crippen LogP contribution < -0.4 is 40.7 Å². The van der Waals surface area contributed by atoms with Gasteiger partial charge in [0.05, 0.1) is 0 Å². The van der Waals surface area contributed by atoms with E-state index >= 15 is 0 Å². The highest BCUT2D eigenvalue weighted by atomic mass is 35.5. The maximum Gasteiger partial charge on any atom is -0.0122 e. The van der Waals surface area contributed by atoms with Crippen molar-refractivity contribution < 1.29 is 24.8 Å². The topological polar surface area (TPSA) is 0 Å². The number of benzene rings is 3. The Morgan fingerprint density at radius 2 is 0.708 bits per heavy atom. The molecule has 0 bridgehead atoms. The molecule has 0 heterocycles. The predicted octanol–water partition coefficient (Wildman–Crippen LogP) is -1.62. The van der Waals surface area contributed by atoms with Gasteiger partial charge in [-0.05, 0) is 61.3 Å². The van der Waals surface area contributed by atoms with E-state index in [9.17, 15) is 0 Å². The van der Waals surface area contributed by atoms with Crippen LogP contribution in [0.25, 0.3) is 0 Å². The summed E-state index contributed by atoms with van der Waals surface area (Å²) >= 11 is 0. The van der Waals surface area contributed by atoms with Gasteiger partial charge in [-0.15, -0.1) is 0 Å². The zero-order valence-electron chi connectivity index (χ0n) is 14.1. The van der Waals surface area contributed by atoms with Crippen molar-refractivity contribution in [2.45, 2.75) is 20.8 Å². The van der Waals surface area contributed by atoms with E-state index in [0.717, 1.165) is 0 Å². The summed E-state index contributed by atoms with van der Waals surface area (Å²) < 4.78 is 0. The molecule has 0 radical (unpaired) electrons. The van der Waals surface area contributed by atoms with Crippen LogP contribution in [0.15, 0.2) is 72.8 Å². The number of hydrogen-bond donors (Lipinski definition) is 0. The van der Waals surface area contributed by atoms with E-state index in [-0.39, 0.29) is 24.8 Å². The Hall–Kier alpha value is -1.33. The van der Waals surface area contributed by atoms with Crippen molar-refractivity contribution >= 4 is 23.8 Å². The molecule has 0 atom stereocenters. The number of rotatable bonds is 3. The molecule has 0 spiro atoms. The fourth-order valence-electron chi connectivity index (χ4n) is 2.83. The lowest BCUT2D eigenvalue weighted by Crippen LogP contribution is -3.00.